The van der Waals surface area contributed by atoms with Gasteiger partial charge in [-0.2, -0.15) is 0 Å². The van der Waals surface area contributed by atoms with E-state index in [0.29, 0.717) is 0 Å². The maximum Gasteiger partial charge on any atom is 0.258 e. The van der Waals surface area contributed by atoms with E-state index in [-0.39, 0.29) is 32.2 Å². The number of anilines is 1. The third kappa shape index (κ3) is 3.12. The highest BCUT2D eigenvalue weighted by Gasteiger charge is 2.14. The number of halogens is 4. The molecular formula is C12H6Cl3FN2O2. The number of carbonyl (C=O) groups excluding carboxylic acids is 1. The van der Waals surface area contributed by atoms with Gasteiger partial charge in [-0.3, -0.25) is 4.79 Å². The van der Waals surface area contributed by atoms with Crippen LogP contribution in [0.25, 0.3) is 0 Å². The summed E-state index contributed by atoms with van der Waals surface area (Å²) < 4.78 is 13.1. The monoisotopic (exact) mass is 334 g/mol. The number of hydrogen-bond donors (Lipinski definition) is 2. The number of benzene rings is 1. The number of rotatable bonds is 2. The molecule has 20 heavy (non-hydrogen) atoms. The number of carbonyl (C=O) groups is 1. The van der Waals surface area contributed by atoms with E-state index in [4.69, 9.17) is 34.8 Å². The van der Waals surface area contributed by atoms with Crippen LogP contribution in [0, 0.1) is 5.82 Å². The van der Waals surface area contributed by atoms with Crippen LogP contribution in [0.15, 0.2) is 24.4 Å². The number of aromatic nitrogens is 1. The molecule has 1 aromatic heterocycles. The van der Waals surface area contributed by atoms with Gasteiger partial charge in [0.05, 0.1) is 21.8 Å². The summed E-state index contributed by atoms with van der Waals surface area (Å²) >= 11 is 17.2. The Morgan fingerprint density at radius 1 is 1.20 bits per heavy atom. The van der Waals surface area contributed by atoms with Crippen molar-refractivity contribution in [2.45, 2.75) is 0 Å². The summed E-state index contributed by atoms with van der Waals surface area (Å²) in [6, 6.07) is 3.54. The fourth-order valence-electron chi connectivity index (χ4n) is 1.42. The summed E-state index contributed by atoms with van der Waals surface area (Å²) in [5.41, 5.74) is 0.0927. The predicted molar refractivity (Wildman–Crippen MR) is 75.3 cm³/mol. The van der Waals surface area contributed by atoms with Crippen molar-refractivity contribution in [3.8, 4) is 5.75 Å². The Morgan fingerprint density at radius 2 is 1.80 bits per heavy atom. The largest absolute Gasteiger partial charge is 0.505 e. The minimum atomic E-state index is -0.693. The summed E-state index contributed by atoms with van der Waals surface area (Å²) in [5, 5.41) is 11.6. The Bertz CT molecular complexity index is 671. The Morgan fingerprint density at radius 3 is 2.40 bits per heavy atom. The highest BCUT2D eigenvalue weighted by molar-refractivity contribution is 6.37. The minimum absolute atomic E-state index is 0.0312. The lowest BCUT2D eigenvalue weighted by molar-refractivity contribution is 0.102. The molecule has 0 aliphatic rings. The molecule has 0 bridgehead atoms. The summed E-state index contributed by atoms with van der Waals surface area (Å²) in [7, 11) is 0. The number of amides is 1. The van der Waals surface area contributed by atoms with Crippen LogP contribution in [0.1, 0.15) is 10.4 Å². The first-order valence-electron chi connectivity index (χ1n) is 5.19. The number of hydrogen-bond acceptors (Lipinski definition) is 3. The van der Waals surface area contributed by atoms with Crippen molar-refractivity contribution in [2.24, 2.45) is 0 Å². The van der Waals surface area contributed by atoms with Crippen molar-refractivity contribution in [1.29, 1.82) is 0 Å². The van der Waals surface area contributed by atoms with Crippen molar-refractivity contribution in [3.63, 3.8) is 0 Å². The van der Waals surface area contributed by atoms with Crippen LogP contribution in [-0.4, -0.2) is 16.0 Å². The molecule has 104 valence electrons. The molecule has 0 saturated heterocycles. The van der Waals surface area contributed by atoms with Crippen LogP contribution in [0.4, 0.5) is 10.1 Å². The van der Waals surface area contributed by atoms with Crippen molar-refractivity contribution >= 4 is 46.4 Å². The molecule has 1 aromatic carbocycles. The van der Waals surface area contributed by atoms with Crippen LogP contribution in [0.2, 0.25) is 15.2 Å². The van der Waals surface area contributed by atoms with Crippen molar-refractivity contribution in [2.75, 3.05) is 5.32 Å². The molecule has 0 aliphatic heterocycles. The smallest absolute Gasteiger partial charge is 0.258 e. The first kappa shape index (κ1) is 14.8. The second kappa shape index (κ2) is 5.83. The van der Waals surface area contributed by atoms with E-state index in [1.807, 2.05) is 0 Å². The van der Waals surface area contributed by atoms with Gasteiger partial charge in [0.2, 0.25) is 0 Å². The van der Waals surface area contributed by atoms with Crippen LogP contribution in [0.5, 0.6) is 5.75 Å². The summed E-state index contributed by atoms with van der Waals surface area (Å²) in [6.07, 6.45) is 0.896. The Hall–Kier alpha value is -1.56. The van der Waals surface area contributed by atoms with Gasteiger partial charge in [-0.15, -0.1) is 0 Å². The first-order chi connectivity index (χ1) is 9.38. The van der Waals surface area contributed by atoms with Gasteiger partial charge in [-0.1, -0.05) is 34.8 Å². The Kier molecular flexibility index (Phi) is 4.32. The Balaban J connectivity index is 2.30. The van der Waals surface area contributed by atoms with Crippen LogP contribution >= 0.6 is 34.8 Å². The number of aromatic hydroxyl groups is 1. The molecule has 2 N–H and O–H groups in total. The third-order valence-corrected chi connectivity index (χ3v) is 3.20. The molecule has 0 radical (unpaired) electrons. The summed E-state index contributed by atoms with van der Waals surface area (Å²) in [6.45, 7) is 0. The van der Waals surface area contributed by atoms with Crippen molar-refractivity contribution in [3.05, 3.63) is 51.0 Å². The third-order valence-electron chi connectivity index (χ3n) is 2.33. The van der Waals surface area contributed by atoms with Crippen molar-refractivity contribution in [1.82, 2.24) is 4.98 Å². The van der Waals surface area contributed by atoms with Crippen LogP contribution in [-0.2, 0) is 0 Å². The zero-order valence-electron chi connectivity index (χ0n) is 9.62. The molecule has 8 heteroatoms. The SMILES string of the molecule is O=C(Nc1cc(Cl)c(O)c(Cl)c1)c1cc(F)cnc1Cl. The highest BCUT2D eigenvalue weighted by Crippen LogP contribution is 2.34. The first-order valence-corrected chi connectivity index (χ1v) is 6.32. The molecule has 0 saturated carbocycles. The molecule has 0 atom stereocenters. The molecule has 0 unspecified atom stereocenters. The summed E-state index contributed by atoms with van der Waals surface area (Å²) in [5.74, 6) is -1.67. The maximum atomic E-state index is 13.1. The van der Waals surface area contributed by atoms with E-state index < -0.39 is 11.7 Å². The average molecular weight is 336 g/mol. The number of nitrogens with zero attached hydrogens (tertiary/aromatic N) is 1. The lowest BCUT2D eigenvalue weighted by Gasteiger charge is -2.08. The van der Waals surface area contributed by atoms with E-state index in [1.54, 1.807) is 0 Å². The molecule has 0 spiro atoms. The van der Waals surface area contributed by atoms with Gasteiger partial charge in [-0.05, 0) is 18.2 Å². The van der Waals surface area contributed by atoms with E-state index in [0.717, 1.165) is 12.3 Å². The van der Waals surface area contributed by atoms with E-state index in [2.05, 4.69) is 10.3 Å². The minimum Gasteiger partial charge on any atom is -0.505 e. The molecule has 4 nitrogen and oxygen atoms in total. The standard InChI is InChI=1S/C12H6Cl3FN2O2/c13-8-2-6(3-9(14)10(8)19)18-12(20)7-1-5(16)4-17-11(7)15/h1-4,19H,(H,18,20). The number of pyridine rings is 1. The topological polar surface area (TPSA) is 62.2 Å². The van der Waals surface area contributed by atoms with Gasteiger partial charge in [-0.25, -0.2) is 9.37 Å². The normalized spacial score (nSPS) is 10.4. The van der Waals surface area contributed by atoms with Crippen molar-refractivity contribution < 1.29 is 14.3 Å². The second-order valence-corrected chi connectivity index (χ2v) is 4.91. The summed E-state index contributed by atoms with van der Waals surface area (Å²) in [4.78, 5) is 15.5. The molecule has 2 aromatic rings. The predicted octanol–water partition coefficient (Wildman–Crippen LogP) is 4.14. The number of phenols is 1. The molecule has 0 aliphatic carbocycles. The molecular weight excluding hydrogens is 330 g/mol. The lowest BCUT2D eigenvalue weighted by atomic mass is 10.2. The van der Waals surface area contributed by atoms with Gasteiger partial charge >= 0.3 is 0 Å². The number of nitrogens with one attached hydrogen (secondary N) is 1. The van der Waals surface area contributed by atoms with Gasteiger partial charge in [0.25, 0.3) is 5.91 Å². The molecule has 0 fully saturated rings. The fraction of sp³-hybridized carbons (Fsp3) is 0. The average Bonchev–Trinajstić information content (AvgIpc) is 2.38. The fourth-order valence-corrected chi connectivity index (χ4v) is 2.09. The van der Waals surface area contributed by atoms with Gasteiger partial charge < -0.3 is 10.4 Å². The zero-order chi connectivity index (χ0) is 14.9. The molecule has 2 rings (SSSR count). The maximum absolute atomic E-state index is 13.1. The van der Waals surface area contributed by atoms with E-state index in [9.17, 15) is 14.3 Å². The highest BCUT2D eigenvalue weighted by atomic mass is 35.5. The lowest BCUT2D eigenvalue weighted by Crippen LogP contribution is -2.13. The van der Waals surface area contributed by atoms with Crippen LogP contribution < -0.4 is 5.32 Å². The van der Waals surface area contributed by atoms with Gasteiger partial charge in [0.1, 0.15) is 11.0 Å². The van der Waals surface area contributed by atoms with Gasteiger partial charge in [0.15, 0.2) is 5.75 Å². The zero-order valence-corrected chi connectivity index (χ0v) is 11.9. The van der Waals surface area contributed by atoms with E-state index >= 15 is 0 Å². The quantitative estimate of drug-likeness (QED) is 0.640. The van der Waals surface area contributed by atoms with Gasteiger partial charge in [0, 0.05) is 5.69 Å². The van der Waals surface area contributed by atoms with Crippen LogP contribution in [0.3, 0.4) is 0 Å². The van der Waals surface area contributed by atoms with E-state index in [1.165, 1.54) is 12.1 Å². The molecule has 1 heterocycles. The Labute approximate surface area is 128 Å². The second-order valence-electron chi connectivity index (χ2n) is 3.73. The molecule has 1 amide bonds. The number of phenolic OH excluding ortho intramolecular Hbond substituents is 1.